The second-order valence-electron chi connectivity index (χ2n) is 13.7. The van der Waals surface area contributed by atoms with E-state index in [1.807, 2.05) is 30.5 Å². The molecule has 0 amide bonds. The van der Waals surface area contributed by atoms with Crippen LogP contribution in [0.1, 0.15) is 22.3 Å². The minimum Gasteiger partial charge on any atom is -0.255 e. The quantitative estimate of drug-likeness (QED) is 0.191. The summed E-state index contributed by atoms with van der Waals surface area (Å²) in [5.41, 5.74) is 16.6. The number of pyridine rings is 2. The van der Waals surface area contributed by atoms with E-state index in [1.165, 1.54) is 77.2 Å². The number of fused-ring (bicyclic) bond motifs is 14. The first-order valence-electron chi connectivity index (χ1n) is 17.6. The standard InChI is InChI=1S/C49H30N2/c1-2-11-36-32(10-1)25-28-43-47(36)40-27-24-35-30-34(31-19-21-33(22-20-31)44-17-9-18-46(51-44)45-16-7-8-29-50-45)23-26-37(35)48(40)49(43)41-14-5-3-12-38(41)39-13-4-6-15-42(39)49/h1-30H. The zero-order valence-electron chi connectivity index (χ0n) is 27.7. The van der Waals surface area contributed by atoms with Crippen LogP contribution >= 0.6 is 0 Å². The van der Waals surface area contributed by atoms with Gasteiger partial charge in [0.05, 0.1) is 22.5 Å². The highest BCUT2D eigenvalue weighted by molar-refractivity contribution is 6.11. The molecule has 2 nitrogen and oxygen atoms in total. The van der Waals surface area contributed by atoms with Gasteiger partial charge in [-0.2, -0.15) is 0 Å². The predicted octanol–water partition coefficient (Wildman–Crippen LogP) is 12.1. The van der Waals surface area contributed by atoms with Crippen molar-refractivity contribution >= 4 is 21.5 Å². The minimum absolute atomic E-state index is 0.401. The summed E-state index contributed by atoms with van der Waals surface area (Å²) in [5.74, 6) is 0. The van der Waals surface area contributed by atoms with Gasteiger partial charge in [0.2, 0.25) is 0 Å². The van der Waals surface area contributed by atoms with Gasteiger partial charge in [-0.25, -0.2) is 4.98 Å². The Morgan fingerprint density at radius 1 is 0.373 bits per heavy atom. The van der Waals surface area contributed by atoms with Gasteiger partial charge in [0.15, 0.2) is 0 Å². The van der Waals surface area contributed by atoms with Crippen molar-refractivity contribution in [2.75, 3.05) is 0 Å². The molecule has 1 spiro atoms. The highest BCUT2D eigenvalue weighted by Crippen LogP contribution is 2.65. The average Bonchev–Trinajstić information content (AvgIpc) is 3.69. The molecule has 0 unspecified atom stereocenters. The normalized spacial score (nSPS) is 13.3. The van der Waals surface area contributed by atoms with Crippen LogP contribution in [0.25, 0.3) is 77.6 Å². The summed E-state index contributed by atoms with van der Waals surface area (Å²) >= 11 is 0. The zero-order chi connectivity index (χ0) is 33.5. The van der Waals surface area contributed by atoms with E-state index >= 15 is 0 Å². The molecule has 2 heterocycles. The molecular weight excluding hydrogens is 617 g/mol. The van der Waals surface area contributed by atoms with E-state index in [1.54, 1.807) is 0 Å². The molecule has 0 radical (unpaired) electrons. The van der Waals surface area contributed by atoms with E-state index in [4.69, 9.17) is 4.98 Å². The third-order valence-electron chi connectivity index (χ3n) is 11.1. The lowest BCUT2D eigenvalue weighted by molar-refractivity contribution is 0.802. The number of nitrogens with zero attached hydrogens (tertiary/aromatic N) is 2. The molecule has 7 aromatic carbocycles. The maximum atomic E-state index is 4.93. The summed E-state index contributed by atoms with van der Waals surface area (Å²) in [6.45, 7) is 0. The van der Waals surface area contributed by atoms with Crippen molar-refractivity contribution in [3.63, 3.8) is 0 Å². The largest absolute Gasteiger partial charge is 0.255 e. The van der Waals surface area contributed by atoms with Crippen LogP contribution in [-0.4, -0.2) is 9.97 Å². The molecule has 0 bridgehead atoms. The fourth-order valence-electron chi connectivity index (χ4n) is 9.01. The molecule has 0 fully saturated rings. The van der Waals surface area contributed by atoms with E-state index in [9.17, 15) is 0 Å². The summed E-state index contributed by atoms with van der Waals surface area (Å²) in [5, 5.41) is 5.14. The number of hydrogen-bond donors (Lipinski definition) is 0. The van der Waals surface area contributed by atoms with E-state index in [0.29, 0.717) is 0 Å². The lowest BCUT2D eigenvalue weighted by Crippen LogP contribution is -2.26. The molecule has 2 aliphatic carbocycles. The first-order chi connectivity index (χ1) is 25.3. The summed E-state index contributed by atoms with van der Waals surface area (Å²) in [6, 6.07) is 64.3. The molecule has 0 saturated heterocycles. The molecule has 0 atom stereocenters. The van der Waals surface area contributed by atoms with Gasteiger partial charge >= 0.3 is 0 Å². The van der Waals surface area contributed by atoms with Gasteiger partial charge in [-0.1, -0.05) is 146 Å². The number of aromatic nitrogens is 2. The zero-order valence-corrected chi connectivity index (χ0v) is 27.7. The van der Waals surface area contributed by atoms with Crippen LogP contribution in [0, 0.1) is 0 Å². The molecule has 0 saturated carbocycles. The Morgan fingerprint density at radius 3 is 1.84 bits per heavy atom. The van der Waals surface area contributed by atoms with Crippen molar-refractivity contribution in [1.82, 2.24) is 9.97 Å². The molecule has 0 N–H and O–H groups in total. The van der Waals surface area contributed by atoms with Gasteiger partial charge in [-0.05, 0) is 108 Å². The number of hydrogen-bond acceptors (Lipinski definition) is 2. The summed E-state index contributed by atoms with van der Waals surface area (Å²) in [6.07, 6.45) is 1.81. The van der Waals surface area contributed by atoms with Crippen LogP contribution in [0.4, 0.5) is 0 Å². The Kier molecular flexibility index (Phi) is 5.91. The predicted molar refractivity (Wildman–Crippen MR) is 210 cm³/mol. The fourth-order valence-corrected chi connectivity index (χ4v) is 9.01. The molecule has 2 aliphatic rings. The Bertz CT molecular complexity index is 2800. The summed E-state index contributed by atoms with van der Waals surface area (Å²) < 4.78 is 0. The van der Waals surface area contributed by atoms with Gasteiger partial charge in [-0.3, -0.25) is 4.98 Å². The maximum Gasteiger partial charge on any atom is 0.0893 e. The van der Waals surface area contributed by atoms with E-state index in [2.05, 4.69) is 157 Å². The highest BCUT2D eigenvalue weighted by Gasteiger charge is 2.52. The molecule has 0 aliphatic heterocycles. The lowest BCUT2D eigenvalue weighted by Gasteiger charge is -2.31. The SMILES string of the molecule is c1ccc(-c2cccc(-c3ccc(-c4ccc5c6c(ccc5c4)-c4c(ccc5ccccc45)C64c5ccccc5-c5ccccc54)cc3)n2)nc1. The minimum atomic E-state index is -0.401. The van der Waals surface area contributed by atoms with Crippen LogP contribution in [0.15, 0.2) is 182 Å². The van der Waals surface area contributed by atoms with Crippen LogP contribution in [0.2, 0.25) is 0 Å². The summed E-state index contributed by atoms with van der Waals surface area (Å²) in [7, 11) is 0. The summed E-state index contributed by atoms with van der Waals surface area (Å²) in [4.78, 5) is 9.42. The van der Waals surface area contributed by atoms with Crippen LogP contribution in [0.5, 0.6) is 0 Å². The average molecular weight is 647 g/mol. The second kappa shape index (κ2) is 10.7. The van der Waals surface area contributed by atoms with Crippen molar-refractivity contribution in [2.24, 2.45) is 0 Å². The Morgan fingerprint density at radius 2 is 1.04 bits per heavy atom. The van der Waals surface area contributed by atoms with Gasteiger partial charge in [0.25, 0.3) is 0 Å². The molecule has 2 heteroatoms. The van der Waals surface area contributed by atoms with Gasteiger partial charge in [-0.15, -0.1) is 0 Å². The van der Waals surface area contributed by atoms with E-state index in [0.717, 1.165) is 22.6 Å². The fraction of sp³-hybridized carbons (Fsp3) is 0.0204. The molecule has 9 aromatic rings. The third kappa shape index (κ3) is 3.93. The highest BCUT2D eigenvalue weighted by atomic mass is 14.8. The second-order valence-corrected chi connectivity index (χ2v) is 13.7. The topological polar surface area (TPSA) is 25.8 Å². The molecule has 11 rings (SSSR count). The van der Waals surface area contributed by atoms with Gasteiger partial charge in [0, 0.05) is 11.8 Å². The van der Waals surface area contributed by atoms with E-state index in [-0.39, 0.29) is 0 Å². The third-order valence-corrected chi connectivity index (χ3v) is 11.1. The lowest BCUT2D eigenvalue weighted by atomic mass is 9.69. The van der Waals surface area contributed by atoms with E-state index < -0.39 is 5.41 Å². The Hall–Kier alpha value is -6.64. The van der Waals surface area contributed by atoms with Crippen molar-refractivity contribution < 1.29 is 0 Å². The monoisotopic (exact) mass is 646 g/mol. The van der Waals surface area contributed by atoms with Crippen LogP contribution in [-0.2, 0) is 5.41 Å². The van der Waals surface area contributed by atoms with Crippen molar-refractivity contribution in [3.05, 3.63) is 204 Å². The van der Waals surface area contributed by atoms with Crippen molar-refractivity contribution in [2.45, 2.75) is 5.41 Å². The number of rotatable bonds is 3. The van der Waals surface area contributed by atoms with Crippen molar-refractivity contribution in [1.29, 1.82) is 0 Å². The Balaban J connectivity index is 1.09. The Labute approximate surface area is 296 Å². The van der Waals surface area contributed by atoms with Gasteiger partial charge in [0.1, 0.15) is 0 Å². The molecular formula is C49H30N2. The maximum absolute atomic E-state index is 4.93. The van der Waals surface area contributed by atoms with Crippen LogP contribution in [0.3, 0.4) is 0 Å². The molecule has 51 heavy (non-hydrogen) atoms. The van der Waals surface area contributed by atoms with Crippen molar-refractivity contribution in [3.8, 4) is 56.0 Å². The van der Waals surface area contributed by atoms with Gasteiger partial charge < -0.3 is 0 Å². The first-order valence-corrected chi connectivity index (χ1v) is 17.6. The number of benzene rings is 7. The molecule has 236 valence electrons. The molecule has 2 aromatic heterocycles. The first kappa shape index (κ1) is 28.2. The smallest absolute Gasteiger partial charge is 0.0893 e. The van der Waals surface area contributed by atoms with Crippen LogP contribution < -0.4 is 0 Å².